The van der Waals surface area contributed by atoms with E-state index in [1.54, 1.807) is 24.3 Å². The van der Waals surface area contributed by atoms with Crippen LogP contribution in [-0.4, -0.2) is 58.4 Å². The van der Waals surface area contributed by atoms with Gasteiger partial charge in [-0.05, 0) is 18.7 Å². The van der Waals surface area contributed by atoms with Gasteiger partial charge in [0.15, 0.2) is 0 Å². The zero-order valence-corrected chi connectivity index (χ0v) is 15.4. The van der Waals surface area contributed by atoms with Gasteiger partial charge in [-0.3, -0.25) is 4.79 Å². The van der Waals surface area contributed by atoms with Crippen molar-refractivity contribution >= 4 is 40.6 Å². The monoisotopic (exact) mass is 379 g/mol. The topological polar surface area (TPSA) is 61.4 Å². The Kier molecular flexibility index (Phi) is 5.73. The van der Waals surface area contributed by atoms with Crippen LogP contribution in [-0.2, 0) is 0 Å². The summed E-state index contributed by atoms with van der Waals surface area (Å²) < 4.78 is 0. The van der Waals surface area contributed by atoms with Gasteiger partial charge in [-0.25, -0.2) is 9.97 Å². The number of carbonyl (C=O) groups excluding carboxylic acids is 1. The molecular formula is C17H19Cl2N5O. The van der Waals surface area contributed by atoms with Crippen molar-refractivity contribution in [3.05, 3.63) is 46.3 Å². The molecule has 8 heteroatoms. The molecule has 1 amide bonds. The van der Waals surface area contributed by atoms with E-state index >= 15 is 0 Å². The van der Waals surface area contributed by atoms with Gasteiger partial charge in [-0.2, -0.15) is 0 Å². The average Bonchev–Trinajstić information content (AvgIpc) is 2.65. The zero-order chi connectivity index (χ0) is 17.8. The molecule has 1 aromatic carbocycles. The molecule has 1 aromatic heterocycles. The number of likely N-dealkylation sites (N-methyl/N-ethyl adjacent to an activating group) is 1. The second kappa shape index (κ2) is 7.99. The second-order valence-corrected chi connectivity index (χ2v) is 6.53. The van der Waals surface area contributed by atoms with Crippen molar-refractivity contribution in [1.29, 1.82) is 0 Å². The highest BCUT2D eigenvalue weighted by molar-refractivity contribution is 6.43. The first-order valence-corrected chi connectivity index (χ1v) is 8.88. The number of piperazine rings is 1. The van der Waals surface area contributed by atoms with Crippen LogP contribution < -0.4 is 5.32 Å². The molecule has 2 aromatic rings. The molecule has 0 spiro atoms. The lowest BCUT2D eigenvalue weighted by Gasteiger charge is -2.33. The number of rotatable bonds is 4. The lowest BCUT2D eigenvalue weighted by molar-refractivity contribution is 0.0637. The van der Waals surface area contributed by atoms with Gasteiger partial charge in [0, 0.05) is 32.2 Å². The van der Waals surface area contributed by atoms with E-state index in [9.17, 15) is 4.79 Å². The quantitative estimate of drug-likeness (QED) is 0.882. The molecule has 0 aliphatic carbocycles. The molecule has 3 rings (SSSR count). The maximum atomic E-state index is 12.7. The van der Waals surface area contributed by atoms with Crippen LogP contribution >= 0.6 is 23.2 Å². The maximum absolute atomic E-state index is 12.7. The second-order valence-electron chi connectivity index (χ2n) is 5.74. The minimum atomic E-state index is -0.0848. The van der Waals surface area contributed by atoms with Crippen LogP contribution in [0.25, 0.3) is 0 Å². The first-order chi connectivity index (χ1) is 12.1. The number of amides is 1. The van der Waals surface area contributed by atoms with Crippen molar-refractivity contribution in [1.82, 2.24) is 19.8 Å². The van der Waals surface area contributed by atoms with E-state index in [0.717, 1.165) is 19.6 Å². The van der Waals surface area contributed by atoms with Crippen LogP contribution in [0.3, 0.4) is 0 Å². The summed E-state index contributed by atoms with van der Waals surface area (Å²) in [7, 11) is 0. The van der Waals surface area contributed by atoms with Crippen LogP contribution in [0.2, 0.25) is 10.0 Å². The predicted octanol–water partition coefficient (Wildman–Crippen LogP) is 3.30. The predicted molar refractivity (Wildman–Crippen MR) is 99.8 cm³/mol. The van der Waals surface area contributed by atoms with Gasteiger partial charge in [0.2, 0.25) is 0 Å². The lowest BCUT2D eigenvalue weighted by atomic mass is 10.2. The molecule has 1 aliphatic heterocycles. The van der Waals surface area contributed by atoms with Crippen molar-refractivity contribution in [3.8, 4) is 0 Å². The van der Waals surface area contributed by atoms with Gasteiger partial charge >= 0.3 is 0 Å². The first-order valence-electron chi connectivity index (χ1n) is 8.13. The number of nitrogens with zero attached hydrogens (tertiary/aromatic N) is 4. The summed E-state index contributed by atoms with van der Waals surface area (Å²) >= 11 is 12.2. The van der Waals surface area contributed by atoms with Gasteiger partial charge in [0.25, 0.3) is 5.91 Å². The Morgan fingerprint density at radius 3 is 2.68 bits per heavy atom. The highest BCUT2D eigenvalue weighted by atomic mass is 35.5. The Morgan fingerprint density at radius 2 is 1.96 bits per heavy atom. The van der Waals surface area contributed by atoms with Gasteiger partial charge in [0.1, 0.15) is 17.8 Å². The summed E-state index contributed by atoms with van der Waals surface area (Å²) in [6, 6.07) is 6.92. The van der Waals surface area contributed by atoms with Crippen LogP contribution in [0.15, 0.2) is 30.6 Å². The van der Waals surface area contributed by atoms with Crippen LogP contribution in [0.4, 0.5) is 11.5 Å². The van der Waals surface area contributed by atoms with Crippen LogP contribution in [0, 0.1) is 0 Å². The van der Waals surface area contributed by atoms with Crippen molar-refractivity contribution in [3.63, 3.8) is 0 Å². The summed E-state index contributed by atoms with van der Waals surface area (Å²) in [5.74, 6) is 0.410. The van der Waals surface area contributed by atoms with Crippen molar-refractivity contribution < 1.29 is 4.79 Å². The minimum Gasteiger partial charge on any atom is -0.339 e. The molecule has 1 saturated heterocycles. The minimum absolute atomic E-state index is 0.0848. The summed E-state index contributed by atoms with van der Waals surface area (Å²) in [5.41, 5.74) is 0.989. The Morgan fingerprint density at radius 1 is 1.20 bits per heavy atom. The van der Waals surface area contributed by atoms with E-state index in [4.69, 9.17) is 23.2 Å². The molecule has 0 atom stereocenters. The highest BCUT2D eigenvalue weighted by Gasteiger charge is 2.22. The molecule has 2 heterocycles. The lowest BCUT2D eigenvalue weighted by Crippen LogP contribution is -2.48. The third-order valence-electron chi connectivity index (χ3n) is 4.21. The number of carbonyl (C=O) groups is 1. The molecule has 132 valence electrons. The molecule has 1 N–H and O–H groups in total. The number of benzene rings is 1. The summed E-state index contributed by atoms with van der Waals surface area (Å²) in [6.45, 7) is 6.32. The smallest absolute Gasteiger partial charge is 0.272 e. The Hall–Kier alpha value is -1.89. The molecule has 1 fully saturated rings. The summed E-state index contributed by atoms with van der Waals surface area (Å²) in [6.07, 6.45) is 1.37. The Labute approximate surface area is 156 Å². The van der Waals surface area contributed by atoms with E-state index in [1.165, 1.54) is 6.33 Å². The van der Waals surface area contributed by atoms with Crippen LogP contribution in [0.1, 0.15) is 17.4 Å². The highest BCUT2D eigenvalue weighted by Crippen LogP contribution is 2.31. The van der Waals surface area contributed by atoms with Gasteiger partial charge in [-0.15, -0.1) is 0 Å². The largest absolute Gasteiger partial charge is 0.339 e. The molecular weight excluding hydrogens is 361 g/mol. The standard InChI is InChI=1S/C17H19Cl2N5O/c1-2-23-6-8-24(9-7-23)17(25)14-10-15(21-11-20-14)22-13-5-3-4-12(18)16(13)19/h3-5,10-11H,2,6-9H2,1H3,(H,20,21,22). The first kappa shape index (κ1) is 17.9. The SMILES string of the molecule is CCN1CCN(C(=O)c2cc(Nc3cccc(Cl)c3Cl)ncn2)CC1. The number of hydrogen-bond donors (Lipinski definition) is 1. The van der Waals surface area contributed by atoms with E-state index in [-0.39, 0.29) is 5.91 Å². The van der Waals surface area contributed by atoms with Crippen molar-refractivity contribution in [2.24, 2.45) is 0 Å². The third-order valence-corrected chi connectivity index (χ3v) is 5.03. The van der Waals surface area contributed by atoms with Crippen molar-refractivity contribution in [2.45, 2.75) is 6.92 Å². The van der Waals surface area contributed by atoms with E-state index in [2.05, 4.69) is 27.1 Å². The molecule has 25 heavy (non-hydrogen) atoms. The third kappa shape index (κ3) is 4.21. The van der Waals surface area contributed by atoms with Gasteiger partial charge < -0.3 is 15.1 Å². The van der Waals surface area contributed by atoms with Gasteiger partial charge in [0.05, 0.1) is 15.7 Å². The molecule has 0 saturated carbocycles. The maximum Gasteiger partial charge on any atom is 0.272 e. The van der Waals surface area contributed by atoms with Crippen LogP contribution in [0.5, 0.6) is 0 Å². The summed E-state index contributed by atoms with van der Waals surface area (Å²) in [5, 5.41) is 3.94. The molecule has 6 nitrogen and oxygen atoms in total. The number of halogens is 2. The summed E-state index contributed by atoms with van der Waals surface area (Å²) in [4.78, 5) is 25.1. The number of hydrogen-bond acceptors (Lipinski definition) is 5. The fourth-order valence-corrected chi connectivity index (χ4v) is 3.06. The molecule has 1 aliphatic rings. The number of aromatic nitrogens is 2. The average molecular weight is 380 g/mol. The van der Waals surface area contributed by atoms with E-state index < -0.39 is 0 Å². The Bertz CT molecular complexity index is 762. The molecule has 0 bridgehead atoms. The zero-order valence-electron chi connectivity index (χ0n) is 13.9. The fourth-order valence-electron chi connectivity index (χ4n) is 2.71. The van der Waals surface area contributed by atoms with E-state index in [0.29, 0.717) is 40.3 Å². The molecule has 0 unspecified atom stereocenters. The number of anilines is 2. The van der Waals surface area contributed by atoms with Gasteiger partial charge in [-0.1, -0.05) is 36.2 Å². The van der Waals surface area contributed by atoms with Crippen molar-refractivity contribution in [2.75, 3.05) is 38.0 Å². The normalized spacial score (nSPS) is 15.2. The number of nitrogens with one attached hydrogen (secondary N) is 1. The fraction of sp³-hybridized carbons (Fsp3) is 0.353. The molecule has 0 radical (unpaired) electrons. The Balaban J connectivity index is 1.73. The van der Waals surface area contributed by atoms with E-state index in [1.807, 2.05) is 4.90 Å².